The average Bonchev–Trinajstić information content (AvgIpc) is 3.24. The Hall–Kier alpha value is -2.73. The van der Waals surface area contributed by atoms with E-state index in [1.54, 1.807) is 10.8 Å². The molecule has 4 rings (SSSR count). The van der Waals surface area contributed by atoms with E-state index in [4.69, 9.17) is 4.42 Å². The SMILES string of the molecule is Cc1ccc(C=Cc2nn3c(-c4ccoc4C)nnc3s2)cc1C. The summed E-state index contributed by atoms with van der Waals surface area (Å²) in [7, 11) is 0. The largest absolute Gasteiger partial charge is 0.469 e. The third-order valence-electron chi connectivity index (χ3n) is 4.06. The lowest BCUT2D eigenvalue weighted by molar-refractivity contribution is 0.535. The number of furan rings is 1. The van der Waals surface area contributed by atoms with Gasteiger partial charge in [0.15, 0.2) is 5.82 Å². The second kappa shape index (κ2) is 5.72. The van der Waals surface area contributed by atoms with Gasteiger partial charge in [0.2, 0.25) is 4.96 Å². The number of aryl methyl sites for hydroxylation is 3. The van der Waals surface area contributed by atoms with Gasteiger partial charge in [-0.25, -0.2) is 0 Å². The number of fused-ring (bicyclic) bond motifs is 1. The molecule has 0 saturated carbocycles. The van der Waals surface area contributed by atoms with Gasteiger partial charge in [0.1, 0.15) is 10.8 Å². The zero-order valence-electron chi connectivity index (χ0n) is 13.6. The van der Waals surface area contributed by atoms with Crippen molar-refractivity contribution in [1.29, 1.82) is 0 Å². The van der Waals surface area contributed by atoms with Crippen LogP contribution in [-0.2, 0) is 0 Å². The highest BCUT2D eigenvalue weighted by molar-refractivity contribution is 7.17. The predicted octanol–water partition coefficient (Wildman–Crippen LogP) is 4.54. The zero-order chi connectivity index (χ0) is 16.7. The molecule has 3 aromatic heterocycles. The highest BCUT2D eigenvalue weighted by Gasteiger charge is 2.15. The van der Waals surface area contributed by atoms with Crippen LogP contribution in [0, 0.1) is 20.8 Å². The van der Waals surface area contributed by atoms with Crippen LogP contribution in [0.5, 0.6) is 0 Å². The summed E-state index contributed by atoms with van der Waals surface area (Å²) >= 11 is 1.51. The summed E-state index contributed by atoms with van der Waals surface area (Å²) in [6.07, 6.45) is 5.73. The van der Waals surface area contributed by atoms with Crippen molar-refractivity contribution in [1.82, 2.24) is 19.8 Å². The first-order valence-electron chi connectivity index (χ1n) is 7.64. The van der Waals surface area contributed by atoms with E-state index in [9.17, 15) is 0 Å². The second-order valence-electron chi connectivity index (χ2n) is 5.73. The molecule has 0 fully saturated rings. The van der Waals surface area contributed by atoms with Crippen molar-refractivity contribution in [2.45, 2.75) is 20.8 Å². The molecule has 4 aromatic rings. The Kier molecular flexibility index (Phi) is 3.54. The van der Waals surface area contributed by atoms with Gasteiger partial charge in [-0.2, -0.15) is 9.61 Å². The van der Waals surface area contributed by atoms with Crippen LogP contribution in [0.25, 0.3) is 28.5 Å². The Morgan fingerprint density at radius 2 is 1.92 bits per heavy atom. The fourth-order valence-electron chi connectivity index (χ4n) is 2.52. The van der Waals surface area contributed by atoms with Crippen LogP contribution < -0.4 is 0 Å². The molecule has 0 atom stereocenters. The first kappa shape index (κ1) is 14.8. The normalized spacial score (nSPS) is 11.8. The van der Waals surface area contributed by atoms with Crippen molar-refractivity contribution in [3.8, 4) is 11.4 Å². The minimum Gasteiger partial charge on any atom is -0.469 e. The van der Waals surface area contributed by atoms with E-state index in [0.717, 1.165) is 26.9 Å². The molecule has 0 spiro atoms. The van der Waals surface area contributed by atoms with Crippen LogP contribution in [0.3, 0.4) is 0 Å². The number of rotatable bonds is 3. The maximum absolute atomic E-state index is 5.35. The molecule has 0 radical (unpaired) electrons. The Labute approximate surface area is 143 Å². The van der Waals surface area contributed by atoms with E-state index in [0.29, 0.717) is 5.82 Å². The molecule has 0 aliphatic heterocycles. The van der Waals surface area contributed by atoms with E-state index in [-0.39, 0.29) is 0 Å². The topological polar surface area (TPSA) is 56.2 Å². The van der Waals surface area contributed by atoms with Crippen LogP contribution in [0.2, 0.25) is 0 Å². The first-order valence-corrected chi connectivity index (χ1v) is 8.45. The molecule has 1 aromatic carbocycles. The molecule has 0 saturated heterocycles. The van der Waals surface area contributed by atoms with Crippen LogP contribution in [-0.4, -0.2) is 19.8 Å². The molecule has 0 aliphatic rings. The minimum absolute atomic E-state index is 0.707. The Balaban J connectivity index is 1.68. The lowest BCUT2D eigenvalue weighted by atomic mass is 10.1. The van der Waals surface area contributed by atoms with Gasteiger partial charge in [-0.05, 0) is 49.6 Å². The molecule has 0 bridgehead atoms. The molecule has 3 heterocycles. The first-order chi connectivity index (χ1) is 11.6. The van der Waals surface area contributed by atoms with Gasteiger partial charge in [0.05, 0.1) is 11.8 Å². The Morgan fingerprint density at radius 1 is 1.04 bits per heavy atom. The minimum atomic E-state index is 0.707. The second-order valence-corrected chi connectivity index (χ2v) is 6.71. The highest BCUT2D eigenvalue weighted by Crippen LogP contribution is 2.25. The van der Waals surface area contributed by atoms with Crippen LogP contribution in [0.4, 0.5) is 0 Å². The van der Waals surface area contributed by atoms with Gasteiger partial charge < -0.3 is 4.42 Å². The van der Waals surface area contributed by atoms with Crippen molar-refractivity contribution in [2.24, 2.45) is 0 Å². The summed E-state index contributed by atoms with van der Waals surface area (Å²) in [4.78, 5) is 0.769. The fraction of sp³-hybridized carbons (Fsp3) is 0.167. The summed E-state index contributed by atoms with van der Waals surface area (Å²) in [5.41, 5.74) is 4.66. The quantitative estimate of drug-likeness (QED) is 0.551. The van der Waals surface area contributed by atoms with Crippen LogP contribution in [0.1, 0.15) is 27.5 Å². The summed E-state index contributed by atoms with van der Waals surface area (Å²) in [6.45, 7) is 6.14. The van der Waals surface area contributed by atoms with E-state index < -0.39 is 0 Å². The molecule has 24 heavy (non-hydrogen) atoms. The highest BCUT2D eigenvalue weighted by atomic mass is 32.1. The summed E-state index contributed by atoms with van der Waals surface area (Å²) in [5, 5.41) is 13.9. The number of nitrogens with zero attached hydrogens (tertiary/aromatic N) is 4. The number of benzene rings is 1. The van der Waals surface area contributed by atoms with E-state index in [1.165, 1.54) is 22.5 Å². The Bertz CT molecular complexity index is 1050. The number of aromatic nitrogens is 4. The molecular weight excluding hydrogens is 320 g/mol. The molecule has 0 unspecified atom stereocenters. The standard InChI is InChI=1S/C18H16N4OS/c1-11-4-5-14(10-12(11)2)6-7-16-21-22-17(19-20-18(22)24-16)15-8-9-23-13(15)3/h4-10H,1-3H3. The van der Waals surface area contributed by atoms with Gasteiger partial charge in [0.25, 0.3) is 0 Å². The van der Waals surface area contributed by atoms with Crippen LogP contribution in [0.15, 0.2) is 34.9 Å². The van der Waals surface area contributed by atoms with Gasteiger partial charge >= 0.3 is 0 Å². The number of hydrogen-bond acceptors (Lipinski definition) is 5. The third kappa shape index (κ3) is 2.55. The third-order valence-corrected chi connectivity index (χ3v) is 4.92. The van der Waals surface area contributed by atoms with Gasteiger partial charge in [-0.1, -0.05) is 35.6 Å². The molecule has 0 aliphatic carbocycles. The lowest BCUT2D eigenvalue weighted by Gasteiger charge is -2.00. The molecule has 0 amide bonds. The van der Waals surface area contributed by atoms with Gasteiger partial charge in [-0.15, -0.1) is 10.2 Å². The van der Waals surface area contributed by atoms with E-state index >= 15 is 0 Å². The monoisotopic (exact) mass is 336 g/mol. The summed E-state index contributed by atoms with van der Waals surface area (Å²) < 4.78 is 7.12. The van der Waals surface area contributed by atoms with Crippen molar-refractivity contribution in [3.63, 3.8) is 0 Å². The van der Waals surface area contributed by atoms with Crippen molar-refractivity contribution >= 4 is 28.4 Å². The maximum atomic E-state index is 5.35. The van der Waals surface area contributed by atoms with Crippen LogP contribution >= 0.6 is 11.3 Å². The molecular formula is C18H16N4OS. The summed E-state index contributed by atoms with van der Waals surface area (Å²) in [6, 6.07) is 8.30. The Morgan fingerprint density at radius 3 is 2.67 bits per heavy atom. The van der Waals surface area contributed by atoms with Gasteiger partial charge in [0, 0.05) is 0 Å². The summed E-state index contributed by atoms with van der Waals surface area (Å²) in [5.74, 6) is 1.52. The fourth-order valence-corrected chi connectivity index (χ4v) is 3.26. The smallest absolute Gasteiger partial charge is 0.235 e. The molecule has 0 N–H and O–H groups in total. The molecule has 6 heteroatoms. The van der Waals surface area contributed by atoms with Crippen molar-refractivity contribution in [3.05, 3.63) is 58.0 Å². The lowest BCUT2D eigenvalue weighted by Crippen LogP contribution is -1.90. The van der Waals surface area contributed by atoms with Crippen molar-refractivity contribution in [2.75, 3.05) is 0 Å². The number of hydrogen-bond donors (Lipinski definition) is 0. The maximum Gasteiger partial charge on any atom is 0.235 e. The van der Waals surface area contributed by atoms with E-state index in [2.05, 4.69) is 53.4 Å². The molecule has 120 valence electrons. The van der Waals surface area contributed by atoms with Gasteiger partial charge in [-0.3, -0.25) is 0 Å². The zero-order valence-corrected chi connectivity index (χ0v) is 14.5. The van der Waals surface area contributed by atoms with Crippen molar-refractivity contribution < 1.29 is 4.42 Å². The van der Waals surface area contributed by atoms with E-state index in [1.807, 2.05) is 19.1 Å². The average molecular weight is 336 g/mol. The molecule has 5 nitrogen and oxygen atoms in total. The predicted molar refractivity (Wildman–Crippen MR) is 95.9 cm³/mol.